The third-order valence-corrected chi connectivity index (χ3v) is 6.92. The van der Waals surface area contributed by atoms with Crippen molar-refractivity contribution in [3.63, 3.8) is 0 Å². The van der Waals surface area contributed by atoms with Crippen LogP contribution in [0.2, 0.25) is 0 Å². The molecule has 0 bridgehead atoms. The van der Waals surface area contributed by atoms with Gasteiger partial charge in [0, 0.05) is 12.7 Å². The van der Waals surface area contributed by atoms with Gasteiger partial charge in [0.2, 0.25) is 9.84 Å². The normalized spacial score (nSPS) is 12.0. The van der Waals surface area contributed by atoms with E-state index in [-0.39, 0.29) is 16.0 Å². The predicted molar refractivity (Wildman–Crippen MR) is 112 cm³/mol. The van der Waals surface area contributed by atoms with Gasteiger partial charge in [0.15, 0.2) is 0 Å². The molecule has 7 heteroatoms. The van der Waals surface area contributed by atoms with Gasteiger partial charge in [-0.1, -0.05) is 36.4 Å². The van der Waals surface area contributed by atoms with Crippen LogP contribution in [0.5, 0.6) is 0 Å². The number of aromatic nitrogens is 2. The molecular weight excluding hydrogens is 386 g/mol. The summed E-state index contributed by atoms with van der Waals surface area (Å²) in [6.07, 6.45) is 1.18. The highest BCUT2D eigenvalue weighted by molar-refractivity contribution is 7.95. The summed E-state index contributed by atoms with van der Waals surface area (Å²) in [5.41, 5.74) is 2.10. The first-order valence-corrected chi connectivity index (χ1v) is 10.5. The van der Waals surface area contributed by atoms with Gasteiger partial charge in [-0.05, 0) is 50.1 Å². The highest BCUT2D eigenvalue weighted by atomic mass is 32.2. The number of hydrogen-bond donors (Lipinski definition) is 0. The van der Waals surface area contributed by atoms with Crippen LogP contribution in [0, 0.1) is 32.1 Å². The zero-order valence-corrected chi connectivity index (χ0v) is 17.5. The first kappa shape index (κ1) is 20.4. The molecule has 3 rings (SSSR count). The minimum absolute atomic E-state index is 0.102. The zero-order chi connectivity index (χ0) is 21.3. The van der Waals surface area contributed by atoms with Crippen molar-refractivity contribution >= 4 is 15.9 Å². The molecule has 0 N–H and O–H groups in total. The Labute approximate surface area is 169 Å². The molecule has 29 heavy (non-hydrogen) atoms. The molecule has 0 saturated heterocycles. The maximum atomic E-state index is 13.2. The van der Waals surface area contributed by atoms with Crippen LogP contribution in [0.3, 0.4) is 0 Å². The maximum Gasteiger partial charge on any atom is 0.278 e. The number of rotatable bonds is 4. The van der Waals surface area contributed by atoms with Crippen LogP contribution in [0.1, 0.15) is 22.4 Å². The molecule has 3 aromatic rings. The summed E-state index contributed by atoms with van der Waals surface area (Å²) in [6, 6.07) is 16.0. The standard InChI is InChI=1S/C22H21N3O3S/c1-15-9-8-10-16(2)21(15)29(27,28)19(14-23)13-20-17(3)24(4)25(22(20)26)18-11-6-5-7-12-18/h5-13H,1-4H3/b19-13+. The molecule has 0 aliphatic rings. The van der Waals surface area contributed by atoms with Crippen molar-refractivity contribution in [1.29, 1.82) is 5.26 Å². The van der Waals surface area contributed by atoms with E-state index >= 15 is 0 Å². The molecule has 148 valence electrons. The summed E-state index contributed by atoms with van der Waals surface area (Å²) in [6.45, 7) is 5.09. The van der Waals surface area contributed by atoms with Crippen LogP contribution >= 0.6 is 0 Å². The van der Waals surface area contributed by atoms with Crippen molar-refractivity contribution < 1.29 is 8.42 Å². The number of benzene rings is 2. The molecule has 1 heterocycles. The van der Waals surface area contributed by atoms with E-state index in [1.165, 1.54) is 10.8 Å². The number of sulfone groups is 1. The highest BCUT2D eigenvalue weighted by Gasteiger charge is 2.26. The lowest BCUT2D eigenvalue weighted by Gasteiger charge is -2.09. The third kappa shape index (κ3) is 3.43. The first-order chi connectivity index (χ1) is 13.7. The minimum atomic E-state index is -4.07. The summed E-state index contributed by atoms with van der Waals surface area (Å²) in [7, 11) is -2.35. The van der Waals surface area contributed by atoms with Gasteiger partial charge in [-0.25, -0.2) is 13.1 Å². The predicted octanol–water partition coefficient (Wildman–Crippen LogP) is 3.44. The van der Waals surface area contributed by atoms with E-state index in [1.807, 2.05) is 18.2 Å². The van der Waals surface area contributed by atoms with Gasteiger partial charge >= 0.3 is 0 Å². The van der Waals surface area contributed by atoms with Crippen molar-refractivity contribution in [2.75, 3.05) is 0 Å². The molecule has 0 spiro atoms. The van der Waals surface area contributed by atoms with Gasteiger partial charge in [-0.15, -0.1) is 0 Å². The molecule has 0 fully saturated rings. The van der Waals surface area contributed by atoms with Gasteiger partial charge in [0.25, 0.3) is 5.56 Å². The van der Waals surface area contributed by atoms with Crippen LogP contribution in [0.25, 0.3) is 11.8 Å². The van der Waals surface area contributed by atoms with E-state index in [0.717, 1.165) is 0 Å². The van der Waals surface area contributed by atoms with Gasteiger partial charge in [0.1, 0.15) is 11.0 Å². The van der Waals surface area contributed by atoms with Crippen LogP contribution in [0.15, 0.2) is 63.1 Å². The molecule has 2 aromatic carbocycles. The molecule has 0 aliphatic heterocycles. The van der Waals surface area contributed by atoms with Crippen molar-refractivity contribution in [3.8, 4) is 11.8 Å². The van der Waals surface area contributed by atoms with Gasteiger partial charge in [-0.3, -0.25) is 9.48 Å². The summed E-state index contributed by atoms with van der Waals surface area (Å²) in [5.74, 6) is 0. The Bertz CT molecular complexity index is 1300. The second-order valence-corrected chi connectivity index (χ2v) is 8.67. The summed E-state index contributed by atoms with van der Waals surface area (Å²) >= 11 is 0. The second kappa shape index (κ2) is 7.57. The average molecular weight is 407 g/mol. The van der Waals surface area contributed by atoms with E-state index in [9.17, 15) is 18.5 Å². The topological polar surface area (TPSA) is 84.9 Å². The largest absolute Gasteiger partial charge is 0.285 e. The van der Waals surface area contributed by atoms with Crippen molar-refractivity contribution in [2.45, 2.75) is 25.7 Å². The van der Waals surface area contributed by atoms with E-state index < -0.39 is 14.7 Å². The fourth-order valence-corrected chi connectivity index (χ4v) is 4.99. The summed E-state index contributed by atoms with van der Waals surface area (Å²) in [5, 5.41) is 9.63. The smallest absolute Gasteiger partial charge is 0.278 e. The molecule has 0 unspecified atom stereocenters. The Hall–Kier alpha value is -3.37. The zero-order valence-electron chi connectivity index (χ0n) is 16.7. The number of allylic oxidation sites excluding steroid dienone is 1. The van der Waals surface area contributed by atoms with Crippen LogP contribution < -0.4 is 5.56 Å². The Morgan fingerprint density at radius 1 is 1.00 bits per heavy atom. The maximum absolute atomic E-state index is 13.2. The second-order valence-electron chi connectivity index (χ2n) is 6.82. The van der Waals surface area contributed by atoms with Gasteiger partial charge in [-0.2, -0.15) is 5.26 Å². The third-order valence-electron chi connectivity index (χ3n) is 4.95. The van der Waals surface area contributed by atoms with Crippen molar-refractivity contribution in [1.82, 2.24) is 9.36 Å². The number of nitrogens with zero attached hydrogens (tertiary/aromatic N) is 3. The number of hydrogen-bond acceptors (Lipinski definition) is 4. The van der Waals surface area contributed by atoms with E-state index in [2.05, 4.69) is 0 Å². The molecular formula is C22H21N3O3S. The van der Waals surface area contributed by atoms with Crippen LogP contribution in [-0.4, -0.2) is 17.8 Å². The monoisotopic (exact) mass is 407 g/mol. The molecule has 0 amide bonds. The molecule has 6 nitrogen and oxygen atoms in total. The fourth-order valence-electron chi connectivity index (χ4n) is 3.39. The van der Waals surface area contributed by atoms with Gasteiger partial charge in [0.05, 0.1) is 16.1 Å². The Morgan fingerprint density at radius 3 is 2.14 bits per heavy atom. The lowest BCUT2D eigenvalue weighted by Crippen LogP contribution is -2.20. The van der Waals surface area contributed by atoms with Crippen LogP contribution in [0.4, 0.5) is 0 Å². The lowest BCUT2D eigenvalue weighted by atomic mass is 10.2. The number of aryl methyl sites for hydroxylation is 2. The molecule has 0 radical (unpaired) electrons. The SMILES string of the molecule is Cc1cccc(C)c1S(=O)(=O)/C(C#N)=C/c1c(C)n(C)n(-c2ccccc2)c1=O. The Balaban J connectivity index is 2.25. The minimum Gasteiger partial charge on any atom is -0.285 e. The van der Waals surface area contributed by atoms with Crippen LogP contribution in [-0.2, 0) is 16.9 Å². The molecule has 0 atom stereocenters. The quantitative estimate of drug-likeness (QED) is 0.620. The van der Waals surface area contributed by atoms with E-state index in [0.29, 0.717) is 22.5 Å². The van der Waals surface area contributed by atoms with E-state index in [4.69, 9.17) is 0 Å². The number of nitriles is 1. The summed E-state index contributed by atoms with van der Waals surface area (Å²) < 4.78 is 29.5. The first-order valence-electron chi connectivity index (χ1n) is 8.97. The lowest BCUT2D eigenvalue weighted by molar-refractivity contribution is 0.602. The summed E-state index contributed by atoms with van der Waals surface area (Å²) in [4.78, 5) is 12.7. The average Bonchev–Trinajstić information content (AvgIpc) is 2.88. The van der Waals surface area contributed by atoms with Gasteiger partial charge < -0.3 is 0 Å². The van der Waals surface area contributed by atoms with Crippen molar-refractivity contribution in [3.05, 3.63) is 86.2 Å². The van der Waals surface area contributed by atoms with Crippen molar-refractivity contribution in [2.24, 2.45) is 7.05 Å². The Morgan fingerprint density at radius 2 is 1.59 bits per heavy atom. The molecule has 0 aliphatic carbocycles. The van der Waals surface area contributed by atoms with E-state index in [1.54, 1.807) is 68.9 Å². The fraction of sp³-hybridized carbons (Fsp3) is 0.182. The Kier molecular flexibility index (Phi) is 5.31. The highest BCUT2D eigenvalue weighted by Crippen LogP contribution is 2.27. The number of para-hydroxylation sites is 1. The molecule has 0 saturated carbocycles. The molecule has 1 aromatic heterocycles.